The van der Waals surface area contributed by atoms with Crippen molar-refractivity contribution in [3.63, 3.8) is 0 Å². The van der Waals surface area contributed by atoms with E-state index in [1.165, 1.54) is 6.08 Å². The van der Waals surface area contributed by atoms with Crippen molar-refractivity contribution in [2.24, 2.45) is 0 Å². The third-order valence-corrected chi connectivity index (χ3v) is 3.71. The van der Waals surface area contributed by atoms with Gasteiger partial charge in [0, 0.05) is 30.1 Å². The van der Waals surface area contributed by atoms with E-state index in [4.69, 9.17) is 4.42 Å². The number of nitrogens with one attached hydrogen (secondary N) is 1. The summed E-state index contributed by atoms with van der Waals surface area (Å²) in [5.74, 6) is 1.09. The zero-order chi connectivity index (χ0) is 15.6. The van der Waals surface area contributed by atoms with E-state index < -0.39 is 0 Å². The zero-order valence-corrected chi connectivity index (χ0v) is 12.4. The number of fused-ring (bicyclic) bond motifs is 1. The minimum absolute atomic E-state index is 0.195. The highest BCUT2D eigenvalue weighted by atomic mass is 16.3. The minimum Gasteiger partial charge on any atom is -0.440 e. The van der Waals surface area contributed by atoms with Crippen LogP contribution in [0.1, 0.15) is 30.2 Å². The molecule has 1 amide bonds. The summed E-state index contributed by atoms with van der Waals surface area (Å²) in [5, 5.41) is 2.83. The molecule has 2 heterocycles. The molecule has 2 aromatic heterocycles. The summed E-state index contributed by atoms with van der Waals surface area (Å²) in [5.41, 5.74) is 3.12. The van der Waals surface area contributed by atoms with Crippen molar-refractivity contribution in [3.8, 4) is 0 Å². The number of anilines is 1. The second-order valence-electron chi connectivity index (χ2n) is 5.62. The Kier molecular flexibility index (Phi) is 3.38. The Bertz CT molecular complexity index is 880. The summed E-state index contributed by atoms with van der Waals surface area (Å²) >= 11 is 0. The van der Waals surface area contributed by atoms with Crippen LogP contribution in [-0.2, 0) is 4.79 Å². The van der Waals surface area contributed by atoms with Crippen molar-refractivity contribution in [2.75, 3.05) is 5.32 Å². The van der Waals surface area contributed by atoms with Crippen LogP contribution in [0, 0.1) is 0 Å². The number of amides is 1. The molecule has 1 aliphatic rings. The lowest BCUT2D eigenvalue weighted by molar-refractivity contribution is -0.111. The number of rotatable bonds is 4. The molecule has 114 valence electrons. The number of oxazole rings is 1. The van der Waals surface area contributed by atoms with Crippen LogP contribution >= 0.6 is 0 Å². The number of benzene rings is 1. The molecule has 0 spiro atoms. The highest BCUT2D eigenvalue weighted by molar-refractivity contribution is 6.02. The van der Waals surface area contributed by atoms with Gasteiger partial charge in [-0.3, -0.25) is 9.78 Å². The molecule has 1 N–H and O–H groups in total. The summed E-state index contributed by atoms with van der Waals surface area (Å²) in [4.78, 5) is 20.5. The quantitative estimate of drug-likeness (QED) is 0.745. The van der Waals surface area contributed by atoms with Gasteiger partial charge in [0.25, 0.3) is 0 Å². The van der Waals surface area contributed by atoms with Gasteiger partial charge in [-0.2, -0.15) is 0 Å². The van der Waals surface area contributed by atoms with Gasteiger partial charge < -0.3 is 9.73 Å². The number of hydrogen-bond acceptors (Lipinski definition) is 4. The molecule has 3 aromatic rings. The smallest absolute Gasteiger partial charge is 0.248 e. The number of carbonyl (C=O) groups is 1. The monoisotopic (exact) mass is 305 g/mol. The molecule has 0 atom stereocenters. The maximum atomic E-state index is 12.0. The van der Waals surface area contributed by atoms with Crippen LogP contribution in [0.4, 0.5) is 5.69 Å². The van der Waals surface area contributed by atoms with Crippen molar-refractivity contribution >= 4 is 28.8 Å². The normalized spacial score (nSPS) is 14.4. The first kappa shape index (κ1) is 13.7. The standard InChI is InChI=1S/C18H15N3O2/c22-17(8-3-12-2-1-9-19-11-12)20-14-6-7-16-15(10-14)21-18(23-16)13-4-5-13/h1-3,6-11,13H,4-5H2,(H,20,22). The summed E-state index contributed by atoms with van der Waals surface area (Å²) in [6.45, 7) is 0. The third kappa shape index (κ3) is 3.13. The van der Waals surface area contributed by atoms with E-state index in [2.05, 4.69) is 15.3 Å². The van der Waals surface area contributed by atoms with E-state index in [1.54, 1.807) is 18.5 Å². The summed E-state index contributed by atoms with van der Waals surface area (Å²) in [6, 6.07) is 9.21. The molecule has 23 heavy (non-hydrogen) atoms. The first-order valence-electron chi connectivity index (χ1n) is 7.57. The lowest BCUT2D eigenvalue weighted by Gasteiger charge is -2.01. The van der Waals surface area contributed by atoms with Crippen LogP contribution in [0.15, 0.2) is 53.2 Å². The first-order valence-corrected chi connectivity index (χ1v) is 7.57. The molecule has 1 fully saturated rings. The molecule has 4 rings (SSSR count). The SMILES string of the molecule is O=C(C=Cc1cccnc1)Nc1ccc2oc(C3CC3)nc2c1. The maximum absolute atomic E-state index is 12.0. The van der Waals surface area contributed by atoms with Crippen LogP contribution in [0.2, 0.25) is 0 Å². The Morgan fingerprint density at radius 1 is 1.30 bits per heavy atom. The van der Waals surface area contributed by atoms with Gasteiger partial charge >= 0.3 is 0 Å². The lowest BCUT2D eigenvalue weighted by Crippen LogP contribution is -2.07. The fourth-order valence-electron chi connectivity index (χ4n) is 2.36. The highest BCUT2D eigenvalue weighted by Crippen LogP contribution is 2.40. The maximum Gasteiger partial charge on any atom is 0.248 e. The van der Waals surface area contributed by atoms with Crippen molar-refractivity contribution in [3.05, 3.63) is 60.3 Å². The zero-order valence-electron chi connectivity index (χ0n) is 12.4. The van der Waals surface area contributed by atoms with E-state index in [9.17, 15) is 4.79 Å². The van der Waals surface area contributed by atoms with Gasteiger partial charge in [0.15, 0.2) is 11.5 Å². The predicted octanol–water partition coefficient (Wildman–Crippen LogP) is 3.75. The van der Waals surface area contributed by atoms with Gasteiger partial charge in [-0.1, -0.05) is 6.07 Å². The molecule has 0 bridgehead atoms. The number of hydrogen-bond donors (Lipinski definition) is 1. The molecular formula is C18H15N3O2. The van der Waals surface area contributed by atoms with E-state index in [0.29, 0.717) is 11.6 Å². The van der Waals surface area contributed by atoms with Crippen LogP contribution < -0.4 is 5.32 Å². The molecular weight excluding hydrogens is 290 g/mol. The van der Waals surface area contributed by atoms with Crippen molar-refractivity contribution in [1.29, 1.82) is 0 Å². The molecule has 0 unspecified atom stereocenters. The Morgan fingerprint density at radius 3 is 3.00 bits per heavy atom. The lowest BCUT2D eigenvalue weighted by atomic mass is 10.2. The van der Waals surface area contributed by atoms with Gasteiger partial charge in [-0.05, 0) is 48.7 Å². The Balaban J connectivity index is 1.48. The average molecular weight is 305 g/mol. The summed E-state index contributed by atoms with van der Waals surface area (Å²) in [6.07, 6.45) is 8.90. The van der Waals surface area contributed by atoms with E-state index in [0.717, 1.165) is 35.4 Å². The third-order valence-electron chi connectivity index (χ3n) is 3.71. The topological polar surface area (TPSA) is 68.0 Å². The Morgan fingerprint density at radius 2 is 2.22 bits per heavy atom. The molecule has 1 aliphatic carbocycles. The van der Waals surface area contributed by atoms with Gasteiger partial charge in [0.05, 0.1) is 0 Å². The number of carbonyl (C=O) groups excluding carboxylic acids is 1. The fourth-order valence-corrected chi connectivity index (χ4v) is 2.36. The predicted molar refractivity (Wildman–Crippen MR) is 87.9 cm³/mol. The van der Waals surface area contributed by atoms with Gasteiger partial charge in [0.1, 0.15) is 5.52 Å². The second-order valence-corrected chi connectivity index (χ2v) is 5.62. The van der Waals surface area contributed by atoms with Crippen molar-refractivity contribution < 1.29 is 9.21 Å². The average Bonchev–Trinajstić information content (AvgIpc) is 3.34. The van der Waals surface area contributed by atoms with Crippen LogP contribution in [0.5, 0.6) is 0 Å². The molecule has 5 nitrogen and oxygen atoms in total. The summed E-state index contributed by atoms with van der Waals surface area (Å²) in [7, 11) is 0. The molecule has 0 radical (unpaired) electrons. The van der Waals surface area contributed by atoms with Crippen LogP contribution in [0.3, 0.4) is 0 Å². The van der Waals surface area contributed by atoms with Gasteiger partial charge in [-0.15, -0.1) is 0 Å². The number of pyridine rings is 1. The van der Waals surface area contributed by atoms with Crippen LogP contribution in [-0.4, -0.2) is 15.9 Å². The molecule has 1 saturated carbocycles. The first-order chi connectivity index (χ1) is 11.3. The van der Waals surface area contributed by atoms with Crippen molar-refractivity contribution in [2.45, 2.75) is 18.8 Å². The molecule has 1 aromatic carbocycles. The van der Waals surface area contributed by atoms with E-state index in [-0.39, 0.29) is 5.91 Å². The number of aromatic nitrogens is 2. The van der Waals surface area contributed by atoms with Crippen LogP contribution in [0.25, 0.3) is 17.2 Å². The Hall–Kier alpha value is -2.95. The molecule has 0 aliphatic heterocycles. The Labute approximate surface area is 133 Å². The summed E-state index contributed by atoms with van der Waals surface area (Å²) < 4.78 is 5.71. The molecule has 0 saturated heterocycles. The number of nitrogens with zero attached hydrogens (tertiary/aromatic N) is 2. The highest BCUT2D eigenvalue weighted by Gasteiger charge is 2.28. The fraction of sp³-hybridized carbons (Fsp3) is 0.167. The molecule has 5 heteroatoms. The van der Waals surface area contributed by atoms with E-state index in [1.807, 2.05) is 30.3 Å². The largest absolute Gasteiger partial charge is 0.440 e. The van der Waals surface area contributed by atoms with Gasteiger partial charge in [-0.25, -0.2) is 4.98 Å². The second kappa shape index (κ2) is 5.68. The minimum atomic E-state index is -0.195. The van der Waals surface area contributed by atoms with Crippen molar-refractivity contribution in [1.82, 2.24) is 9.97 Å². The van der Waals surface area contributed by atoms with E-state index >= 15 is 0 Å². The van der Waals surface area contributed by atoms with Gasteiger partial charge in [0.2, 0.25) is 5.91 Å².